The molecule has 6 rings (SSSR count). The third kappa shape index (κ3) is 4.65. The highest BCUT2D eigenvalue weighted by Crippen LogP contribution is 2.59. The van der Waals surface area contributed by atoms with E-state index in [9.17, 15) is 9.59 Å². The van der Waals surface area contributed by atoms with Gasteiger partial charge in [-0.05, 0) is 124 Å². The van der Waals surface area contributed by atoms with Gasteiger partial charge in [-0.1, -0.05) is 105 Å². The van der Waals surface area contributed by atoms with Gasteiger partial charge in [-0.25, -0.2) is 0 Å². The molecule has 6 atom stereocenters. The molecule has 2 N–H and O–H groups in total. The van der Waals surface area contributed by atoms with E-state index in [1.165, 1.54) is 44.5 Å². The molecule has 3 nitrogen and oxygen atoms in total. The first-order valence-corrected chi connectivity index (χ1v) is 17.7. The van der Waals surface area contributed by atoms with Gasteiger partial charge < -0.3 is 10.5 Å². The largest absolute Gasteiger partial charge is 0.541 e. The van der Waals surface area contributed by atoms with Gasteiger partial charge in [0.05, 0.1) is 0 Å². The molecule has 6 unspecified atom stereocenters. The van der Waals surface area contributed by atoms with Gasteiger partial charge in [0.1, 0.15) is 0 Å². The van der Waals surface area contributed by atoms with E-state index in [4.69, 9.17) is 5.73 Å². The molecular formula is C41H56NO2-. The van der Waals surface area contributed by atoms with Gasteiger partial charge in [-0.2, -0.15) is 0 Å². The number of primary amides is 1. The van der Waals surface area contributed by atoms with Gasteiger partial charge in [0.2, 0.25) is 5.91 Å². The fraction of sp³-hybridized carbons (Fsp3) is 0.659. The zero-order valence-electron chi connectivity index (χ0n) is 28.8. The number of hydrogen-bond donors (Lipinski definition) is 1. The van der Waals surface area contributed by atoms with Gasteiger partial charge in [-0.15, -0.1) is 5.41 Å². The van der Waals surface area contributed by atoms with Crippen LogP contribution in [0.5, 0.6) is 0 Å². The second kappa shape index (κ2) is 10.8. The SMILES string of the molecule is CC(C)c1cc2c(cc1Cc1cc3c(cc1C(C)C)CCC1C(C)(C(N)=O)CCCC31C)C1(C)CCCC(C)([C-]=O)C1CC2. The smallest absolute Gasteiger partial charge is 0.223 e. The Labute approximate surface area is 267 Å². The molecule has 238 valence electrons. The van der Waals surface area contributed by atoms with Crippen LogP contribution in [-0.4, -0.2) is 12.2 Å². The number of rotatable bonds is 6. The summed E-state index contributed by atoms with van der Waals surface area (Å²) in [5, 5.41) is 0. The molecule has 0 aliphatic heterocycles. The number of aryl methyl sites for hydroxylation is 2. The van der Waals surface area contributed by atoms with Crippen molar-refractivity contribution in [1.82, 2.24) is 0 Å². The lowest BCUT2D eigenvalue weighted by Crippen LogP contribution is -2.54. The summed E-state index contributed by atoms with van der Waals surface area (Å²) in [4.78, 5) is 25.2. The molecule has 4 aliphatic rings. The maximum atomic E-state index is 12.8. The average Bonchev–Trinajstić information content (AvgIpc) is 2.96. The monoisotopic (exact) mass is 594 g/mol. The molecule has 0 aromatic heterocycles. The van der Waals surface area contributed by atoms with Crippen LogP contribution in [0.3, 0.4) is 0 Å². The van der Waals surface area contributed by atoms with E-state index in [2.05, 4.69) is 85.9 Å². The third-order valence-electron chi connectivity index (χ3n) is 13.6. The van der Waals surface area contributed by atoms with Crippen LogP contribution >= 0.6 is 0 Å². The Balaban J connectivity index is 1.48. The van der Waals surface area contributed by atoms with Gasteiger partial charge in [-0.3, -0.25) is 11.1 Å². The Bertz CT molecular complexity index is 1490. The van der Waals surface area contributed by atoms with Crippen LogP contribution in [0.4, 0.5) is 0 Å². The topological polar surface area (TPSA) is 60.2 Å². The van der Waals surface area contributed by atoms with Crippen LogP contribution in [0, 0.1) is 22.7 Å². The predicted molar refractivity (Wildman–Crippen MR) is 181 cm³/mol. The second-order valence-electron chi connectivity index (χ2n) is 16.9. The normalized spacial score (nSPS) is 34.6. The van der Waals surface area contributed by atoms with Crippen LogP contribution in [0.15, 0.2) is 24.3 Å². The summed E-state index contributed by atoms with van der Waals surface area (Å²) in [7, 11) is 0. The first-order valence-electron chi connectivity index (χ1n) is 17.7. The van der Waals surface area contributed by atoms with E-state index in [1.54, 1.807) is 0 Å². The van der Waals surface area contributed by atoms with Crippen molar-refractivity contribution in [1.29, 1.82) is 0 Å². The quantitative estimate of drug-likeness (QED) is 0.339. The molecule has 2 fully saturated rings. The molecular weight excluding hydrogens is 538 g/mol. The summed E-state index contributed by atoms with van der Waals surface area (Å²) < 4.78 is 0. The van der Waals surface area contributed by atoms with E-state index in [0.717, 1.165) is 70.6 Å². The molecule has 3 heteroatoms. The lowest BCUT2D eigenvalue weighted by Gasteiger charge is -2.58. The highest BCUT2D eigenvalue weighted by molar-refractivity contribution is 5.81. The standard InChI is InChI=1S/C41H56NO2/c1-25(2)31-20-27-11-13-35-38(5,24-43)15-9-16-39(35,6)33(27)22-29(31)19-30-23-34-28(21-32(30)26(3)4)12-14-36-40(34,7)17-10-18-41(36,8)37(42)44/h20-23,25-26,35-36H,9-19H2,1-8H3,(H2,42,44)/q-1. The fourth-order valence-electron chi connectivity index (χ4n) is 11.2. The zero-order valence-corrected chi connectivity index (χ0v) is 28.8. The average molecular weight is 595 g/mol. The summed E-state index contributed by atoms with van der Waals surface area (Å²) in [5.74, 6) is 1.40. The number of benzene rings is 2. The summed E-state index contributed by atoms with van der Waals surface area (Å²) >= 11 is 0. The molecule has 4 aliphatic carbocycles. The van der Waals surface area contributed by atoms with E-state index in [1.807, 2.05) is 0 Å². The van der Waals surface area contributed by atoms with Crippen molar-refractivity contribution in [3.8, 4) is 0 Å². The van der Waals surface area contributed by atoms with Gasteiger partial charge >= 0.3 is 0 Å². The van der Waals surface area contributed by atoms with Crippen LogP contribution in [0.2, 0.25) is 0 Å². The van der Waals surface area contributed by atoms with Gasteiger partial charge in [0.25, 0.3) is 0 Å². The Morgan fingerprint density at radius 1 is 0.773 bits per heavy atom. The first kappa shape index (κ1) is 31.6. The minimum atomic E-state index is -0.440. The lowest BCUT2D eigenvalue weighted by atomic mass is 9.49. The Kier molecular flexibility index (Phi) is 7.77. The molecule has 0 bridgehead atoms. The summed E-state index contributed by atoms with van der Waals surface area (Å²) in [6.07, 6.45) is 13.9. The number of carbonyl (C=O) groups excluding carboxylic acids is 2. The number of fused-ring (bicyclic) bond motifs is 6. The molecule has 44 heavy (non-hydrogen) atoms. The number of hydrogen-bond acceptors (Lipinski definition) is 2. The minimum absolute atomic E-state index is 0.0149. The van der Waals surface area contributed by atoms with Crippen molar-refractivity contribution in [3.63, 3.8) is 0 Å². The van der Waals surface area contributed by atoms with E-state index < -0.39 is 5.41 Å². The van der Waals surface area contributed by atoms with E-state index in [-0.39, 0.29) is 28.1 Å². The Hall–Kier alpha value is -2.42. The number of carbonyl (C=O) groups is 1. The number of nitrogens with two attached hydrogens (primary N) is 1. The third-order valence-corrected chi connectivity index (χ3v) is 13.6. The molecule has 2 aromatic carbocycles. The number of amides is 1. The Morgan fingerprint density at radius 2 is 1.25 bits per heavy atom. The van der Waals surface area contributed by atoms with Crippen molar-refractivity contribution in [2.24, 2.45) is 28.4 Å². The maximum absolute atomic E-state index is 12.8. The van der Waals surface area contributed by atoms with Gasteiger partial charge in [0, 0.05) is 5.41 Å². The zero-order chi connectivity index (χ0) is 31.8. The Morgan fingerprint density at radius 3 is 1.73 bits per heavy atom. The second-order valence-corrected chi connectivity index (χ2v) is 16.9. The molecule has 0 spiro atoms. The van der Waals surface area contributed by atoms with E-state index in [0.29, 0.717) is 17.8 Å². The van der Waals surface area contributed by atoms with Crippen LogP contribution in [-0.2, 0) is 39.7 Å². The van der Waals surface area contributed by atoms with Crippen LogP contribution in [0.1, 0.15) is 163 Å². The van der Waals surface area contributed by atoms with E-state index >= 15 is 0 Å². The van der Waals surface area contributed by atoms with Crippen LogP contribution < -0.4 is 5.73 Å². The molecule has 2 aromatic rings. The maximum Gasteiger partial charge on any atom is 0.223 e. The highest BCUT2D eigenvalue weighted by atomic mass is 16.1. The summed E-state index contributed by atoms with van der Waals surface area (Å²) in [6.45, 7) is 18.5. The van der Waals surface area contributed by atoms with Gasteiger partial charge in [0.15, 0.2) is 0 Å². The van der Waals surface area contributed by atoms with Crippen molar-refractivity contribution in [2.45, 2.75) is 149 Å². The fourth-order valence-corrected chi connectivity index (χ4v) is 11.2. The van der Waals surface area contributed by atoms with Crippen molar-refractivity contribution in [3.05, 3.63) is 68.8 Å². The molecule has 0 saturated heterocycles. The lowest BCUT2D eigenvalue weighted by molar-refractivity contribution is -0.135. The molecule has 0 heterocycles. The predicted octanol–water partition coefficient (Wildman–Crippen LogP) is 9.14. The minimum Gasteiger partial charge on any atom is -0.541 e. The van der Waals surface area contributed by atoms with Crippen molar-refractivity contribution >= 4 is 12.2 Å². The molecule has 0 radical (unpaired) electrons. The van der Waals surface area contributed by atoms with Crippen molar-refractivity contribution in [2.75, 3.05) is 0 Å². The van der Waals surface area contributed by atoms with Crippen molar-refractivity contribution < 1.29 is 9.59 Å². The summed E-state index contributed by atoms with van der Waals surface area (Å²) in [6, 6.07) is 10.2. The molecule has 2 saturated carbocycles. The van der Waals surface area contributed by atoms with Crippen LogP contribution in [0.25, 0.3) is 0 Å². The summed E-state index contributed by atoms with van der Waals surface area (Å²) in [5.41, 5.74) is 17.1. The first-order chi connectivity index (χ1) is 20.7. The highest BCUT2D eigenvalue weighted by Gasteiger charge is 2.54. The molecule has 1 amide bonds.